The second-order valence-corrected chi connectivity index (χ2v) is 5.44. The molecular weight excluding hydrogens is 285 g/mol. The molecular formula is C14H13ClFNOS. The third kappa shape index (κ3) is 4.33. The van der Waals surface area contributed by atoms with Crippen molar-refractivity contribution in [2.24, 2.45) is 0 Å². The van der Waals surface area contributed by atoms with Gasteiger partial charge in [-0.2, -0.15) is 0 Å². The third-order valence-electron chi connectivity index (χ3n) is 2.41. The van der Waals surface area contributed by atoms with Crippen LogP contribution in [0.3, 0.4) is 0 Å². The maximum absolute atomic E-state index is 13.2. The topological polar surface area (TPSA) is 35.2 Å². The maximum atomic E-state index is 13.2. The Kier molecular flexibility index (Phi) is 4.93. The fourth-order valence-corrected chi connectivity index (χ4v) is 2.33. The van der Waals surface area contributed by atoms with Gasteiger partial charge < -0.3 is 10.5 Å². The number of nitrogen functional groups attached to an aromatic ring is 1. The molecule has 0 bridgehead atoms. The number of halogens is 2. The van der Waals surface area contributed by atoms with Crippen LogP contribution in [-0.2, 0) is 0 Å². The molecule has 100 valence electrons. The lowest BCUT2D eigenvalue weighted by Crippen LogP contribution is -2.00. The average molecular weight is 298 g/mol. The predicted molar refractivity (Wildman–Crippen MR) is 78.5 cm³/mol. The Morgan fingerprint density at radius 3 is 2.58 bits per heavy atom. The van der Waals surface area contributed by atoms with Gasteiger partial charge in [0, 0.05) is 15.7 Å². The van der Waals surface area contributed by atoms with Gasteiger partial charge in [0.2, 0.25) is 0 Å². The Balaban J connectivity index is 1.77. The van der Waals surface area contributed by atoms with Crippen LogP contribution < -0.4 is 10.5 Å². The largest absolute Gasteiger partial charge is 0.493 e. The monoisotopic (exact) mass is 297 g/mol. The van der Waals surface area contributed by atoms with E-state index in [-0.39, 0.29) is 11.5 Å². The van der Waals surface area contributed by atoms with Gasteiger partial charge in [-0.3, -0.25) is 0 Å². The highest BCUT2D eigenvalue weighted by molar-refractivity contribution is 7.99. The van der Waals surface area contributed by atoms with Crippen molar-refractivity contribution in [2.45, 2.75) is 4.90 Å². The third-order valence-corrected chi connectivity index (χ3v) is 3.62. The number of rotatable bonds is 5. The van der Waals surface area contributed by atoms with Crippen LogP contribution in [0.1, 0.15) is 0 Å². The Labute approximate surface area is 120 Å². The standard InChI is InChI=1S/C14H13ClFNOS/c15-10-1-3-11(4-2-10)18-7-8-19-12-5-6-14(17)13(16)9-12/h1-6,9H,7-8,17H2. The molecule has 2 rings (SSSR count). The number of hydrogen-bond donors (Lipinski definition) is 1. The summed E-state index contributed by atoms with van der Waals surface area (Å²) in [5, 5.41) is 0.680. The molecule has 5 heteroatoms. The first-order valence-corrected chi connectivity index (χ1v) is 7.08. The van der Waals surface area contributed by atoms with E-state index >= 15 is 0 Å². The van der Waals surface area contributed by atoms with Crippen LogP contribution in [0.5, 0.6) is 5.75 Å². The van der Waals surface area contributed by atoms with Crippen molar-refractivity contribution in [2.75, 3.05) is 18.1 Å². The van der Waals surface area contributed by atoms with Gasteiger partial charge in [-0.15, -0.1) is 11.8 Å². The fraction of sp³-hybridized carbons (Fsp3) is 0.143. The SMILES string of the molecule is Nc1ccc(SCCOc2ccc(Cl)cc2)cc1F. The summed E-state index contributed by atoms with van der Waals surface area (Å²) in [4.78, 5) is 0.839. The number of thioether (sulfide) groups is 1. The zero-order valence-corrected chi connectivity index (χ0v) is 11.7. The minimum Gasteiger partial charge on any atom is -0.493 e. The van der Waals surface area contributed by atoms with Crippen molar-refractivity contribution in [3.05, 3.63) is 53.3 Å². The molecule has 2 aromatic carbocycles. The fourth-order valence-electron chi connectivity index (χ4n) is 1.45. The lowest BCUT2D eigenvalue weighted by molar-refractivity contribution is 0.344. The van der Waals surface area contributed by atoms with Crippen LogP contribution in [0.25, 0.3) is 0 Å². The molecule has 0 spiro atoms. The number of nitrogens with two attached hydrogens (primary N) is 1. The second kappa shape index (κ2) is 6.68. The molecule has 0 saturated heterocycles. The van der Waals surface area contributed by atoms with Gasteiger partial charge in [0.25, 0.3) is 0 Å². The zero-order chi connectivity index (χ0) is 13.7. The molecule has 0 aliphatic rings. The van der Waals surface area contributed by atoms with Crippen molar-refractivity contribution in [3.8, 4) is 5.75 Å². The van der Waals surface area contributed by atoms with Crippen molar-refractivity contribution in [3.63, 3.8) is 0 Å². The summed E-state index contributed by atoms with van der Waals surface area (Å²) in [6.07, 6.45) is 0. The van der Waals surface area contributed by atoms with Gasteiger partial charge in [-0.25, -0.2) is 4.39 Å². The summed E-state index contributed by atoms with van der Waals surface area (Å²) >= 11 is 7.29. The molecule has 0 saturated carbocycles. The van der Waals surface area contributed by atoms with Gasteiger partial charge in [0.05, 0.1) is 12.3 Å². The van der Waals surface area contributed by atoms with Crippen molar-refractivity contribution in [1.82, 2.24) is 0 Å². The van der Waals surface area contributed by atoms with E-state index < -0.39 is 0 Å². The zero-order valence-electron chi connectivity index (χ0n) is 10.1. The van der Waals surface area contributed by atoms with Crippen LogP contribution in [0.15, 0.2) is 47.4 Å². The Bertz CT molecular complexity index is 548. The van der Waals surface area contributed by atoms with Crippen LogP contribution in [-0.4, -0.2) is 12.4 Å². The summed E-state index contributed by atoms with van der Waals surface area (Å²) in [5.41, 5.74) is 5.58. The quantitative estimate of drug-likeness (QED) is 0.509. The lowest BCUT2D eigenvalue weighted by Gasteiger charge is -2.06. The molecule has 0 aliphatic carbocycles. The number of hydrogen-bond acceptors (Lipinski definition) is 3. The first kappa shape index (κ1) is 14.0. The van der Waals surface area contributed by atoms with E-state index in [1.165, 1.54) is 17.8 Å². The summed E-state index contributed by atoms with van der Waals surface area (Å²) in [6.45, 7) is 0.540. The second-order valence-electron chi connectivity index (χ2n) is 3.83. The molecule has 0 fully saturated rings. The molecule has 19 heavy (non-hydrogen) atoms. The highest BCUT2D eigenvalue weighted by atomic mass is 35.5. The van der Waals surface area contributed by atoms with E-state index in [1.54, 1.807) is 24.3 Å². The first-order valence-electron chi connectivity index (χ1n) is 5.71. The lowest BCUT2D eigenvalue weighted by atomic mass is 10.3. The minimum atomic E-state index is -0.386. The number of benzene rings is 2. The van der Waals surface area contributed by atoms with Gasteiger partial charge in [-0.1, -0.05) is 11.6 Å². The van der Waals surface area contributed by atoms with Crippen molar-refractivity contribution >= 4 is 29.1 Å². The molecule has 2 aromatic rings. The number of anilines is 1. The normalized spacial score (nSPS) is 10.4. The van der Waals surface area contributed by atoms with Crippen LogP contribution in [0.4, 0.5) is 10.1 Å². The Morgan fingerprint density at radius 1 is 1.16 bits per heavy atom. The smallest absolute Gasteiger partial charge is 0.147 e. The number of ether oxygens (including phenoxy) is 1. The van der Waals surface area contributed by atoms with Gasteiger partial charge in [0.15, 0.2) is 0 Å². The summed E-state index contributed by atoms with van der Waals surface area (Å²) in [5.74, 6) is 1.11. The predicted octanol–water partition coefficient (Wildman–Crippen LogP) is 4.23. The maximum Gasteiger partial charge on any atom is 0.147 e. The van der Waals surface area contributed by atoms with E-state index in [4.69, 9.17) is 22.1 Å². The first-order chi connectivity index (χ1) is 9.15. The summed E-state index contributed by atoms with van der Waals surface area (Å²) < 4.78 is 18.7. The van der Waals surface area contributed by atoms with Crippen molar-refractivity contribution < 1.29 is 9.13 Å². The Morgan fingerprint density at radius 2 is 1.89 bits per heavy atom. The molecule has 2 N–H and O–H groups in total. The highest BCUT2D eigenvalue weighted by Crippen LogP contribution is 2.22. The van der Waals surface area contributed by atoms with E-state index in [1.807, 2.05) is 12.1 Å². The molecule has 0 heterocycles. The van der Waals surface area contributed by atoms with E-state index in [2.05, 4.69) is 0 Å². The van der Waals surface area contributed by atoms with Crippen LogP contribution in [0, 0.1) is 5.82 Å². The summed E-state index contributed by atoms with van der Waals surface area (Å²) in [6, 6.07) is 12.0. The molecule has 0 aliphatic heterocycles. The van der Waals surface area contributed by atoms with Gasteiger partial charge >= 0.3 is 0 Å². The molecule has 2 nitrogen and oxygen atoms in total. The van der Waals surface area contributed by atoms with Crippen molar-refractivity contribution in [1.29, 1.82) is 0 Å². The molecule has 0 atom stereocenters. The van der Waals surface area contributed by atoms with E-state index in [0.717, 1.165) is 16.4 Å². The molecule has 0 aromatic heterocycles. The van der Waals surface area contributed by atoms with Crippen LogP contribution >= 0.6 is 23.4 Å². The molecule has 0 amide bonds. The van der Waals surface area contributed by atoms with E-state index in [9.17, 15) is 4.39 Å². The molecule has 0 radical (unpaired) electrons. The average Bonchev–Trinajstić information content (AvgIpc) is 2.41. The van der Waals surface area contributed by atoms with Gasteiger partial charge in [-0.05, 0) is 42.5 Å². The minimum absolute atomic E-state index is 0.168. The Hall–Kier alpha value is -1.39. The van der Waals surface area contributed by atoms with Gasteiger partial charge in [0.1, 0.15) is 11.6 Å². The molecule has 0 unspecified atom stereocenters. The highest BCUT2D eigenvalue weighted by Gasteiger charge is 2.01. The van der Waals surface area contributed by atoms with E-state index in [0.29, 0.717) is 11.6 Å². The van der Waals surface area contributed by atoms with Crippen LogP contribution in [0.2, 0.25) is 5.02 Å². The summed E-state index contributed by atoms with van der Waals surface area (Å²) in [7, 11) is 0.